The van der Waals surface area contributed by atoms with Gasteiger partial charge in [0.15, 0.2) is 5.65 Å². The maximum absolute atomic E-state index is 13.9. The van der Waals surface area contributed by atoms with Gasteiger partial charge in [-0.05, 0) is 56.7 Å². The number of methoxy groups -OCH3 is 2. The summed E-state index contributed by atoms with van der Waals surface area (Å²) >= 11 is 0. The molecule has 0 saturated carbocycles. The summed E-state index contributed by atoms with van der Waals surface area (Å²) in [6.45, 7) is 5.85. The Kier molecular flexibility index (Phi) is 6.05. The lowest BCUT2D eigenvalue weighted by Crippen LogP contribution is -2.02. The number of nitrogens with zero attached hydrogens (tertiary/aromatic N) is 4. The van der Waals surface area contributed by atoms with Crippen molar-refractivity contribution in [3.05, 3.63) is 77.1 Å². The molecule has 0 aliphatic carbocycles. The molecule has 0 saturated heterocycles. The molecular formula is C27H25FN4O4. The van der Waals surface area contributed by atoms with Gasteiger partial charge >= 0.3 is 0 Å². The van der Waals surface area contributed by atoms with E-state index in [0.29, 0.717) is 51.6 Å². The zero-order valence-electron chi connectivity index (χ0n) is 20.6. The minimum Gasteiger partial charge on any atom is -0.497 e. The Morgan fingerprint density at radius 2 is 1.81 bits per heavy atom. The van der Waals surface area contributed by atoms with Gasteiger partial charge in [-0.15, -0.1) is 0 Å². The highest BCUT2D eigenvalue weighted by Crippen LogP contribution is 2.34. The van der Waals surface area contributed by atoms with Crippen LogP contribution < -0.4 is 14.2 Å². The first-order chi connectivity index (χ1) is 17.4. The number of hydrogen-bond acceptors (Lipinski definition) is 7. The first kappa shape index (κ1) is 23.3. The molecule has 8 nitrogen and oxygen atoms in total. The molecule has 5 rings (SSSR count). The predicted molar refractivity (Wildman–Crippen MR) is 132 cm³/mol. The van der Waals surface area contributed by atoms with Gasteiger partial charge in [0.1, 0.15) is 35.4 Å². The van der Waals surface area contributed by atoms with Gasteiger partial charge in [-0.1, -0.05) is 6.07 Å². The number of fused-ring (bicyclic) bond motifs is 1. The Bertz CT molecular complexity index is 1570. The highest BCUT2D eigenvalue weighted by atomic mass is 19.1. The zero-order chi connectivity index (χ0) is 25.4. The molecule has 0 atom stereocenters. The third kappa shape index (κ3) is 4.24. The molecule has 0 spiro atoms. The van der Waals surface area contributed by atoms with E-state index in [-0.39, 0.29) is 12.4 Å². The number of aryl methyl sites for hydroxylation is 3. The lowest BCUT2D eigenvalue weighted by atomic mass is 10.2. The van der Waals surface area contributed by atoms with Crippen LogP contribution in [0.1, 0.15) is 22.7 Å². The average molecular weight is 489 g/mol. The predicted octanol–water partition coefficient (Wildman–Crippen LogP) is 5.74. The first-order valence-corrected chi connectivity index (χ1v) is 11.3. The molecule has 0 aliphatic heterocycles. The van der Waals surface area contributed by atoms with Gasteiger partial charge in [-0.3, -0.25) is 0 Å². The van der Waals surface area contributed by atoms with E-state index < -0.39 is 0 Å². The Morgan fingerprint density at radius 3 is 2.56 bits per heavy atom. The quantitative estimate of drug-likeness (QED) is 0.289. The van der Waals surface area contributed by atoms with Crippen molar-refractivity contribution >= 4 is 11.0 Å². The van der Waals surface area contributed by atoms with Crippen LogP contribution in [0.4, 0.5) is 4.39 Å². The number of oxazole rings is 1. The fourth-order valence-electron chi connectivity index (χ4n) is 4.13. The average Bonchev–Trinajstić information content (AvgIpc) is 3.41. The van der Waals surface area contributed by atoms with Crippen molar-refractivity contribution in [1.82, 2.24) is 19.7 Å². The number of hydrogen-bond donors (Lipinski definition) is 0. The van der Waals surface area contributed by atoms with Crippen molar-refractivity contribution in [2.75, 3.05) is 14.2 Å². The molecule has 2 aromatic carbocycles. The molecule has 3 heterocycles. The van der Waals surface area contributed by atoms with Crippen LogP contribution in [0.3, 0.4) is 0 Å². The maximum atomic E-state index is 13.9. The summed E-state index contributed by atoms with van der Waals surface area (Å²) in [7, 11) is 3.18. The summed E-state index contributed by atoms with van der Waals surface area (Å²) in [5, 5.41) is 5.49. The monoisotopic (exact) mass is 488 g/mol. The zero-order valence-corrected chi connectivity index (χ0v) is 20.6. The van der Waals surface area contributed by atoms with Gasteiger partial charge in [0, 0.05) is 17.5 Å². The highest BCUT2D eigenvalue weighted by molar-refractivity contribution is 5.84. The lowest BCUT2D eigenvalue weighted by Gasteiger charge is -2.08. The molecule has 0 fully saturated rings. The van der Waals surface area contributed by atoms with E-state index in [0.717, 1.165) is 16.6 Å². The van der Waals surface area contributed by atoms with Crippen LogP contribution in [0.25, 0.3) is 28.2 Å². The summed E-state index contributed by atoms with van der Waals surface area (Å²) in [5.41, 5.74) is 4.28. The smallest absolute Gasteiger partial charge is 0.230 e. The molecule has 0 amide bonds. The normalized spacial score (nSPS) is 11.2. The van der Waals surface area contributed by atoms with E-state index in [4.69, 9.17) is 18.6 Å². The Labute approximate surface area is 207 Å². The maximum Gasteiger partial charge on any atom is 0.230 e. The number of benzene rings is 2. The second kappa shape index (κ2) is 9.33. The Hall–Kier alpha value is -4.40. The number of aromatic nitrogens is 4. The van der Waals surface area contributed by atoms with Crippen LogP contribution in [0.15, 0.2) is 52.9 Å². The van der Waals surface area contributed by atoms with E-state index in [1.807, 2.05) is 39.0 Å². The molecule has 5 aromatic rings. The van der Waals surface area contributed by atoms with Crippen LogP contribution in [0.2, 0.25) is 0 Å². The van der Waals surface area contributed by atoms with Crippen molar-refractivity contribution in [1.29, 1.82) is 0 Å². The van der Waals surface area contributed by atoms with Gasteiger partial charge in [0.2, 0.25) is 11.8 Å². The minimum absolute atomic E-state index is 0.152. The number of pyridine rings is 1. The molecule has 0 aliphatic rings. The number of ether oxygens (including phenoxy) is 3. The third-order valence-electron chi connectivity index (χ3n) is 5.93. The van der Waals surface area contributed by atoms with Crippen LogP contribution in [0, 0.1) is 26.6 Å². The standard InChI is InChI=1S/C27H25FN4O4/c1-15-11-24(30-26-25(15)16(2)31-32(26)19-8-6-7-18(28)12-19)35-14-22-17(3)36-27(29-22)21-10-9-20(33-4)13-23(21)34-5/h6-13H,14H2,1-5H3. The van der Waals surface area contributed by atoms with Gasteiger partial charge in [0.05, 0.1) is 31.2 Å². The third-order valence-corrected chi connectivity index (χ3v) is 5.93. The van der Waals surface area contributed by atoms with Crippen molar-refractivity contribution in [2.24, 2.45) is 0 Å². The summed E-state index contributed by atoms with van der Waals surface area (Å²) in [6.07, 6.45) is 0. The van der Waals surface area contributed by atoms with E-state index in [1.54, 1.807) is 37.1 Å². The Balaban J connectivity index is 1.45. The van der Waals surface area contributed by atoms with Crippen molar-refractivity contribution < 1.29 is 23.0 Å². The van der Waals surface area contributed by atoms with Crippen LogP contribution in [-0.2, 0) is 6.61 Å². The largest absolute Gasteiger partial charge is 0.497 e. The van der Waals surface area contributed by atoms with Gasteiger partial charge in [-0.2, -0.15) is 10.1 Å². The first-order valence-electron chi connectivity index (χ1n) is 11.3. The second-order valence-electron chi connectivity index (χ2n) is 8.33. The van der Waals surface area contributed by atoms with Crippen LogP contribution in [0.5, 0.6) is 17.4 Å². The van der Waals surface area contributed by atoms with E-state index in [9.17, 15) is 4.39 Å². The number of rotatable bonds is 7. The fourth-order valence-corrected chi connectivity index (χ4v) is 4.13. The highest BCUT2D eigenvalue weighted by Gasteiger charge is 2.18. The van der Waals surface area contributed by atoms with Crippen molar-refractivity contribution in [3.63, 3.8) is 0 Å². The molecule has 0 bridgehead atoms. The molecule has 0 N–H and O–H groups in total. The number of halogens is 1. The fraction of sp³-hybridized carbons (Fsp3) is 0.222. The van der Waals surface area contributed by atoms with E-state index >= 15 is 0 Å². The van der Waals surface area contributed by atoms with Gasteiger partial charge < -0.3 is 18.6 Å². The summed E-state index contributed by atoms with van der Waals surface area (Å²) in [4.78, 5) is 9.31. The lowest BCUT2D eigenvalue weighted by molar-refractivity contribution is 0.288. The van der Waals surface area contributed by atoms with Crippen LogP contribution >= 0.6 is 0 Å². The van der Waals surface area contributed by atoms with E-state index in [2.05, 4.69) is 15.1 Å². The van der Waals surface area contributed by atoms with Gasteiger partial charge in [-0.25, -0.2) is 14.1 Å². The molecule has 3 aromatic heterocycles. The van der Waals surface area contributed by atoms with Crippen molar-refractivity contribution in [2.45, 2.75) is 27.4 Å². The summed E-state index contributed by atoms with van der Waals surface area (Å²) in [5.74, 6) is 2.37. The Morgan fingerprint density at radius 1 is 0.972 bits per heavy atom. The topological polar surface area (TPSA) is 84.4 Å². The molecule has 0 unspecified atom stereocenters. The summed E-state index contributed by atoms with van der Waals surface area (Å²) in [6, 6.07) is 13.5. The van der Waals surface area contributed by atoms with Gasteiger partial charge in [0.25, 0.3) is 0 Å². The molecular weight excluding hydrogens is 463 g/mol. The van der Waals surface area contributed by atoms with Crippen molar-refractivity contribution in [3.8, 4) is 34.5 Å². The van der Waals surface area contributed by atoms with E-state index in [1.165, 1.54) is 12.1 Å². The molecule has 36 heavy (non-hydrogen) atoms. The molecule has 9 heteroatoms. The van der Waals surface area contributed by atoms with Crippen LogP contribution in [-0.4, -0.2) is 34.0 Å². The second-order valence-corrected chi connectivity index (χ2v) is 8.33. The SMILES string of the molecule is COc1ccc(-c2nc(COc3cc(C)c4c(C)nn(-c5cccc(F)c5)c4n3)c(C)o2)c(OC)c1. The molecule has 0 radical (unpaired) electrons. The minimum atomic E-state index is -0.344. The summed E-state index contributed by atoms with van der Waals surface area (Å²) < 4.78 is 38.2. The molecule has 184 valence electrons.